The molecule has 3 aromatic rings. The number of benzene rings is 3. The molecule has 0 heterocycles. The van der Waals surface area contributed by atoms with E-state index < -0.39 is 0 Å². The van der Waals surface area contributed by atoms with Gasteiger partial charge in [0.2, 0.25) is 0 Å². The van der Waals surface area contributed by atoms with Crippen LogP contribution < -0.4 is 9.47 Å². The van der Waals surface area contributed by atoms with Crippen molar-refractivity contribution >= 4 is 0 Å². The molecule has 28 heavy (non-hydrogen) atoms. The largest absolute Gasteiger partial charge is 0.457 e. The van der Waals surface area contributed by atoms with Crippen LogP contribution in [0.1, 0.15) is 61.8 Å². The summed E-state index contributed by atoms with van der Waals surface area (Å²) in [6.45, 7) is 12.9. The molecule has 0 radical (unpaired) electrons. The summed E-state index contributed by atoms with van der Waals surface area (Å²) >= 11 is 0. The monoisotopic (exact) mass is 374 g/mol. The Labute approximate surface area is 169 Å². The Morgan fingerprint density at radius 1 is 0.536 bits per heavy atom. The van der Waals surface area contributed by atoms with Crippen molar-refractivity contribution in [1.29, 1.82) is 0 Å². The number of ether oxygens (including phenoxy) is 2. The first kappa shape index (κ1) is 20.0. The smallest absolute Gasteiger partial charge is 0.130 e. The topological polar surface area (TPSA) is 18.5 Å². The lowest BCUT2D eigenvalue weighted by molar-refractivity contribution is 0.464. The van der Waals surface area contributed by atoms with E-state index in [0.717, 1.165) is 34.1 Å². The summed E-state index contributed by atoms with van der Waals surface area (Å²) in [6, 6.07) is 20.7. The van der Waals surface area contributed by atoms with E-state index >= 15 is 0 Å². The van der Waals surface area contributed by atoms with Gasteiger partial charge in [0, 0.05) is 0 Å². The van der Waals surface area contributed by atoms with Crippen molar-refractivity contribution in [2.45, 2.75) is 53.4 Å². The van der Waals surface area contributed by atoms with Crippen LogP contribution in [0.5, 0.6) is 23.0 Å². The Morgan fingerprint density at radius 3 is 1.21 bits per heavy atom. The van der Waals surface area contributed by atoms with E-state index in [4.69, 9.17) is 9.47 Å². The summed E-state index contributed by atoms with van der Waals surface area (Å²) in [5.74, 6) is 4.38. The van der Waals surface area contributed by atoms with Crippen LogP contribution in [0, 0.1) is 13.8 Å². The van der Waals surface area contributed by atoms with Crippen LogP contribution >= 0.6 is 0 Å². The highest BCUT2D eigenvalue weighted by Crippen LogP contribution is 2.32. The Morgan fingerprint density at radius 2 is 0.893 bits per heavy atom. The quantitative estimate of drug-likeness (QED) is 0.433. The van der Waals surface area contributed by atoms with Crippen molar-refractivity contribution < 1.29 is 9.47 Å². The molecule has 3 aromatic carbocycles. The summed E-state index contributed by atoms with van der Waals surface area (Å²) in [5, 5.41) is 0. The molecule has 0 spiro atoms. The van der Waals surface area contributed by atoms with E-state index in [1.165, 1.54) is 11.1 Å². The Kier molecular flexibility index (Phi) is 6.08. The summed E-state index contributed by atoms with van der Waals surface area (Å²) < 4.78 is 12.2. The van der Waals surface area contributed by atoms with Crippen LogP contribution in [0.4, 0.5) is 0 Å². The SMILES string of the molecule is Cc1ccc(C(C)C)cc1Oc1ccc(Oc2cc(C(C)C)ccc2C)cc1. The molecule has 0 aliphatic carbocycles. The fourth-order valence-electron chi connectivity index (χ4n) is 3.00. The molecule has 2 heteroatoms. The van der Waals surface area contributed by atoms with Gasteiger partial charge in [-0.2, -0.15) is 0 Å². The second kappa shape index (κ2) is 8.52. The van der Waals surface area contributed by atoms with Crippen molar-refractivity contribution in [2.75, 3.05) is 0 Å². The molecule has 0 aromatic heterocycles. The minimum Gasteiger partial charge on any atom is -0.457 e. The van der Waals surface area contributed by atoms with Crippen molar-refractivity contribution in [3.8, 4) is 23.0 Å². The maximum Gasteiger partial charge on any atom is 0.130 e. The molecular formula is C26H30O2. The lowest BCUT2D eigenvalue weighted by Gasteiger charge is -2.14. The normalized spacial score (nSPS) is 11.1. The van der Waals surface area contributed by atoms with E-state index in [1.807, 2.05) is 24.3 Å². The molecular weight excluding hydrogens is 344 g/mol. The molecule has 0 N–H and O–H groups in total. The van der Waals surface area contributed by atoms with E-state index in [-0.39, 0.29) is 0 Å². The van der Waals surface area contributed by atoms with Crippen molar-refractivity contribution in [1.82, 2.24) is 0 Å². The van der Waals surface area contributed by atoms with Crippen LogP contribution in [0.3, 0.4) is 0 Å². The van der Waals surface area contributed by atoms with Crippen molar-refractivity contribution in [3.05, 3.63) is 82.9 Å². The average Bonchev–Trinajstić information content (AvgIpc) is 2.66. The van der Waals surface area contributed by atoms with E-state index in [2.05, 4.69) is 77.9 Å². The Balaban J connectivity index is 1.76. The van der Waals surface area contributed by atoms with Crippen molar-refractivity contribution in [3.63, 3.8) is 0 Å². The molecule has 0 unspecified atom stereocenters. The van der Waals surface area contributed by atoms with Gasteiger partial charge >= 0.3 is 0 Å². The highest BCUT2D eigenvalue weighted by molar-refractivity contribution is 5.44. The predicted molar refractivity (Wildman–Crippen MR) is 117 cm³/mol. The van der Waals surface area contributed by atoms with Gasteiger partial charge in [-0.15, -0.1) is 0 Å². The fourth-order valence-corrected chi connectivity index (χ4v) is 3.00. The zero-order valence-electron chi connectivity index (χ0n) is 17.7. The minimum atomic E-state index is 0.476. The van der Waals surface area contributed by atoms with Gasteiger partial charge in [-0.25, -0.2) is 0 Å². The average molecular weight is 375 g/mol. The highest BCUT2D eigenvalue weighted by atomic mass is 16.5. The third-order valence-corrected chi connectivity index (χ3v) is 5.04. The van der Waals surface area contributed by atoms with Gasteiger partial charge in [-0.05, 0) is 84.3 Å². The third-order valence-electron chi connectivity index (χ3n) is 5.04. The van der Waals surface area contributed by atoms with Gasteiger partial charge in [0.25, 0.3) is 0 Å². The second-order valence-electron chi connectivity index (χ2n) is 8.03. The number of rotatable bonds is 6. The summed E-state index contributed by atoms with van der Waals surface area (Å²) in [6.07, 6.45) is 0. The number of aryl methyl sites for hydroxylation is 2. The van der Waals surface area contributed by atoms with Crippen LogP contribution in [-0.2, 0) is 0 Å². The molecule has 146 valence electrons. The molecule has 3 rings (SSSR count). The van der Waals surface area contributed by atoms with E-state index in [1.54, 1.807) is 0 Å². The first-order chi connectivity index (χ1) is 13.3. The Bertz CT molecular complexity index is 859. The van der Waals surface area contributed by atoms with Crippen molar-refractivity contribution in [2.24, 2.45) is 0 Å². The van der Waals surface area contributed by atoms with Gasteiger partial charge in [-0.3, -0.25) is 0 Å². The van der Waals surface area contributed by atoms with E-state index in [9.17, 15) is 0 Å². The zero-order chi connectivity index (χ0) is 20.3. The zero-order valence-corrected chi connectivity index (χ0v) is 17.7. The summed E-state index contributed by atoms with van der Waals surface area (Å²) in [4.78, 5) is 0. The highest BCUT2D eigenvalue weighted by Gasteiger charge is 2.08. The predicted octanol–water partition coefficient (Wildman–Crippen LogP) is 8.13. The third kappa shape index (κ3) is 4.75. The fraction of sp³-hybridized carbons (Fsp3) is 0.308. The van der Waals surface area contributed by atoms with Gasteiger partial charge in [0.15, 0.2) is 0 Å². The first-order valence-corrected chi connectivity index (χ1v) is 10.0. The second-order valence-corrected chi connectivity index (χ2v) is 8.03. The first-order valence-electron chi connectivity index (χ1n) is 10.0. The number of hydrogen-bond donors (Lipinski definition) is 0. The lowest BCUT2D eigenvalue weighted by atomic mass is 10.0. The standard InChI is InChI=1S/C26H30O2/c1-17(2)21-9-7-19(5)25(15-21)27-23-11-13-24(14-12-23)28-26-16-22(18(3)4)10-8-20(26)6/h7-18H,1-6H3. The maximum absolute atomic E-state index is 6.12. The molecule has 0 saturated carbocycles. The summed E-state index contributed by atoms with van der Waals surface area (Å²) in [7, 11) is 0. The van der Waals surface area contributed by atoms with Crippen LogP contribution in [0.25, 0.3) is 0 Å². The van der Waals surface area contributed by atoms with Gasteiger partial charge in [-0.1, -0.05) is 52.0 Å². The Hall–Kier alpha value is -2.74. The molecule has 0 aliphatic heterocycles. The minimum absolute atomic E-state index is 0.476. The van der Waals surface area contributed by atoms with Gasteiger partial charge in [0.1, 0.15) is 23.0 Å². The molecule has 0 atom stereocenters. The van der Waals surface area contributed by atoms with Crippen LogP contribution in [0.2, 0.25) is 0 Å². The van der Waals surface area contributed by atoms with Crippen LogP contribution in [-0.4, -0.2) is 0 Å². The molecule has 0 fully saturated rings. The van der Waals surface area contributed by atoms with Crippen LogP contribution in [0.15, 0.2) is 60.7 Å². The molecule has 2 nitrogen and oxygen atoms in total. The maximum atomic E-state index is 6.12. The molecule has 0 amide bonds. The van der Waals surface area contributed by atoms with Gasteiger partial charge < -0.3 is 9.47 Å². The van der Waals surface area contributed by atoms with Gasteiger partial charge in [0.05, 0.1) is 0 Å². The van der Waals surface area contributed by atoms with E-state index in [0.29, 0.717) is 11.8 Å². The molecule has 0 aliphatic rings. The lowest BCUT2D eigenvalue weighted by Crippen LogP contribution is -1.94. The molecule has 0 bridgehead atoms. The summed E-state index contributed by atoms with van der Waals surface area (Å²) in [5.41, 5.74) is 4.82. The number of hydrogen-bond acceptors (Lipinski definition) is 2. The molecule has 0 saturated heterocycles.